The Bertz CT molecular complexity index is 614. The highest BCUT2D eigenvalue weighted by Crippen LogP contribution is 2.13. The molecule has 0 N–H and O–H groups in total. The topological polar surface area (TPSA) is 42.3 Å². The molecule has 2 rings (SSSR count). The van der Waals surface area contributed by atoms with Gasteiger partial charge in [-0.15, -0.1) is 0 Å². The number of aromatic nitrogens is 1. The van der Waals surface area contributed by atoms with E-state index >= 15 is 0 Å². The quantitative estimate of drug-likeness (QED) is 0.779. The van der Waals surface area contributed by atoms with E-state index in [-0.39, 0.29) is 4.75 Å². The van der Waals surface area contributed by atoms with Gasteiger partial charge in [0.05, 0.1) is 22.2 Å². The Labute approximate surface area is 110 Å². The highest BCUT2D eigenvalue weighted by molar-refractivity contribution is 7.85. The minimum absolute atomic E-state index is 0.340. The fourth-order valence-electron chi connectivity index (χ4n) is 1.41. The molecule has 0 fully saturated rings. The van der Waals surface area contributed by atoms with E-state index in [2.05, 4.69) is 9.38 Å². The van der Waals surface area contributed by atoms with Gasteiger partial charge >= 0.3 is 0 Å². The normalized spacial score (nSPS) is 14.2. The zero-order valence-corrected chi connectivity index (χ0v) is 11.6. The van der Waals surface area contributed by atoms with Gasteiger partial charge in [-0.25, -0.2) is 9.19 Å². The molecule has 1 heterocycles. The molecule has 94 valence electrons. The van der Waals surface area contributed by atoms with Crippen molar-refractivity contribution in [2.24, 2.45) is 4.40 Å². The number of hydrogen-bond donors (Lipinski definition) is 0. The molecule has 0 spiro atoms. The van der Waals surface area contributed by atoms with Gasteiger partial charge in [0.2, 0.25) is 0 Å². The number of hydrogen-bond acceptors (Lipinski definition) is 2. The molecule has 3 nitrogen and oxygen atoms in total. The summed E-state index contributed by atoms with van der Waals surface area (Å²) in [5, 5.41) is 1.09. The maximum absolute atomic E-state index is 11.8. The molecule has 0 unspecified atom stereocenters. The van der Waals surface area contributed by atoms with Gasteiger partial charge in [-0.3, -0.25) is 0 Å². The summed E-state index contributed by atoms with van der Waals surface area (Å²) < 4.78 is 15.5. The van der Waals surface area contributed by atoms with Crippen molar-refractivity contribution in [3.63, 3.8) is 0 Å². The van der Waals surface area contributed by atoms with Crippen molar-refractivity contribution in [2.45, 2.75) is 25.5 Å². The molecule has 1 atom stereocenters. The zero-order chi connectivity index (χ0) is 13.2. The largest absolute Gasteiger partial charge is 0.247 e. The van der Waals surface area contributed by atoms with E-state index in [0.717, 1.165) is 16.6 Å². The van der Waals surface area contributed by atoms with Crippen LogP contribution in [0.25, 0.3) is 10.9 Å². The van der Waals surface area contributed by atoms with Gasteiger partial charge in [0.25, 0.3) is 0 Å². The second-order valence-electron chi connectivity index (χ2n) is 5.02. The van der Waals surface area contributed by atoms with E-state index in [4.69, 9.17) is 0 Å². The van der Waals surface area contributed by atoms with E-state index in [1.54, 1.807) is 6.21 Å². The van der Waals surface area contributed by atoms with Gasteiger partial charge in [-0.2, -0.15) is 4.40 Å². The Morgan fingerprint density at radius 2 is 1.89 bits per heavy atom. The van der Waals surface area contributed by atoms with E-state index < -0.39 is 11.0 Å². The summed E-state index contributed by atoms with van der Waals surface area (Å²) >= 11 is 0. The summed E-state index contributed by atoms with van der Waals surface area (Å²) in [5.41, 5.74) is 1.65. The van der Waals surface area contributed by atoms with E-state index in [0.29, 0.717) is 0 Å². The predicted octanol–water partition coefficient (Wildman–Crippen LogP) is 3.12. The maximum Gasteiger partial charge on any atom is 0.144 e. The van der Waals surface area contributed by atoms with Crippen LogP contribution in [0.1, 0.15) is 26.5 Å². The SMILES string of the molecule is CC(C)(C)[S@](=O)/N=C/c1ccc2ccccc2n1. The molecule has 0 bridgehead atoms. The first-order chi connectivity index (χ1) is 8.47. The monoisotopic (exact) mass is 260 g/mol. The molecule has 0 radical (unpaired) electrons. The predicted molar refractivity (Wildman–Crippen MR) is 77.2 cm³/mol. The van der Waals surface area contributed by atoms with Crippen LogP contribution < -0.4 is 0 Å². The Balaban J connectivity index is 2.27. The standard InChI is InChI=1S/C14H16N2OS/c1-14(2,3)18(17)15-10-12-9-8-11-6-4-5-7-13(11)16-12/h4-10H,1-3H3/b15-10+/t18-/m0/s1. The van der Waals surface area contributed by atoms with Gasteiger partial charge in [-0.1, -0.05) is 24.3 Å². The average molecular weight is 260 g/mol. The summed E-state index contributed by atoms with van der Waals surface area (Å²) in [5.74, 6) is 0. The summed E-state index contributed by atoms with van der Waals surface area (Å²) in [6.45, 7) is 5.69. The lowest BCUT2D eigenvalue weighted by Gasteiger charge is -2.12. The van der Waals surface area contributed by atoms with Crippen LogP contribution in [0.4, 0.5) is 0 Å². The number of nitrogens with zero attached hydrogens (tertiary/aromatic N) is 2. The Morgan fingerprint density at radius 1 is 1.17 bits per heavy atom. The van der Waals surface area contributed by atoms with Gasteiger partial charge in [0.15, 0.2) is 0 Å². The van der Waals surface area contributed by atoms with Crippen molar-refractivity contribution in [1.82, 2.24) is 4.98 Å². The summed E-state index contributed by atoms with van der Waals surface area (Å²) in [7, 11) is -1.24. The number of benzene rings is 1. The van der Waals surface area contributed by atoms with Crippen LogP contribution in [0.15, 0.2) is 40.8 Å². The van der Waals surface area contributed by atoms with Crippen molar-refractivity contribution in [3.05, 3.63) is 42.1 Å². The zero-order valence-electron chi connectivity index (χ0n) is 10.8. The first kappa shape index (κ1) is 12.9. The van der Waals surface area contributed by atoms with Crippen LogP contribution in [0, 0.1) is 0 Å². The Kier molecular flexibility index (Phi) is 3.57. The second kappa shape index (κ2) is 4.98. The minimum atomic E-state index is -1.24. The molecule has 0 saturated carbocycles. The van der Waals surface area contributed by atoms with Crippen molar-refractivity contribution in [3.8, 4) is 0 Å². The molecule has 1 aromatic carbocycles. The first-order valence-electron chi connectivity index (χ1n) is 5.79. The third-order valence-electron chi connectivity index (χ3n) is 2.42. The molecule has 0 aliphatic carbocycles. The highest BCUT2D eigenvalue weighted by atomic mass is 32.2. The summed E-state index contributed by atoms with van der Waals surface area (Å²) in [4.78, 5) is 4.45. The summed E-state index contributed by atoms with van der Waals surface area (Å²) in [6.07, 6.45) is 1.58. The molecular weight excluding hydrogens is 244 g/mol. The fraction of sp³-hybridized carbons (Fsp3) is 0.286. The third-order valence-corrected chi connectivity index (χ3v) is 3.77. The maximum atomic E-state index is 11.8. The first-order valence-corrected chi connectivity index (χ1v) is 6.89. The third kappa shape index (κ3) is 3.01. The molecule has 1 aromatic heterocycles. The van der Waals surface area contributed by atoms with Crippen LogP contribution in [0.3, 0.4) is 0 Å². The van der Waals surface area contributed by atoms with Crippen LogP contribution in [0.2, 0.25) is 0 Å². The minimum Gasteiger partial charge on any atom is -0.247 e. The van der Waals surface area contributed by atoms with Gasteiger partial charge < -0.3 is 0 Å². The van der Waals surface area contributed by atoms with Crippen LogP contribution in [-0.4, -0.2) is 20.2 Å². The average Bonchev–Trinajstić information content (AvgIpc) is 2.34. The van der Waals surface area contributed by atoms with Crippen LogP contribution in [0.5, 0.6) is 0 Å². The number of pyridine rings is 1. The smallest absolute Gasteiger partial charge is 0.144 e. The van der Waals surface area contributed by atoms with Gasteiger partial charge in [-0.05, 0) is 32.9 Å². The van der Waals surface area contributed by atoms with E-state index in [9.17, 15) is 4.21 Å². The van der Waals surface area contributed by atoms with Crippen molar-refractivity contribution >= 4 is 28.1 Å². The Hall–Kier alpha value is -1.55. The van der Waals surface area contributed by atoms with Crippen LogP contribution >= 0.6 is 0 Å². The fourth-order valence-corrected chi connectivity index (χ4v) is 1.93. The van der Waals surface area contributed by atoms with E-state index in [1.807, 2.05) is 57.2 Å². The van der Waals surface area contributed by atoms with Gasteiger partial charge in [0, 0.05) is 5.39 Å². The molecule has 0 amide bonds. The molecule has 0 aliphatic rings. The lowest BCUT2D eigenvalue weighted by molar-refractivity contribution is 0.651. The van der Waals surface area contributed by atoms with Crippen LogP contribution in [-0.2, 0) is 11.0 Å². The molecule has 4 heteroatoms. The van der Waals surface area contributed by atoms with Crippen molar-refractivity contribution in [1.29, 1.82) is 0 Å². The molecular formula is C14H16N2OS. The van der Waals surface area contributed by atoms with Crippen molar-refractivity contribution in [2.75, 3.05) is 0 Å². The second-order valence-corrected chi connectivity index (χ2v) is 6.96. The molecule has 2 aromatic rings. The number of para-hydroxylation sites is 1. The molecule has 0 aliphatic heterocycles. The number of fused-ring (bicyclic) bond motifs is 1. The van der Waals surface area contributed by atoms with Crippen molar-refractivity contribution < 1.29 is 4.21 Å². The number of rotatable bonds is 2. The molecule has 18 heavy (non-hydrogen) atoms. The van der Waals surface area contributed by atoms with E-state index in [1.165, 1.54) is 0 Å². The lowest BCUT2D eigenvalue weighted by Crippen LogP contribution is -2.19. The van der Waals surface area contributed by atoms with Gasteiger partial charge in [0.1, 0.15) is 11.0 Å². The molecule has 0 saturated heterocycles. The Morgan fingerprint density at radius 3 is 2.61 bits per heavy atom. The highest BCUT2D eigenvalue weighted by Gasteiger charge is 2.18. The summed E-state index contributed by atoms with van der Waals surface area (Å²) in [6, 6.07) is 11.8. The lowest BCUT2D eigenvalue weighted by atomic mass is 10.2.